The topological polar surface area (TPSA) is 55.6 Å². The summed E-state index contributed by atoms with van der Waals surface area (Å²) in [6.45, 7) is 2.04. The van der Waals surface area contributed by atoms with E-state index in [2.05, 4.69) is 26.4 Å². The van der Waals surface area contributed by atoms with Crippen molar-refractivity contribution in [2.45, 2.75) is 6.92 Å². The van der Waals surface area contributed by atoms with Crippen LogP contribution in [0.2, 0.25) is 5.28 Å². The first kappa shape index (κ1) is 12.9. The van der Waals surface area contributed by atoms with Crippen molar-refractivity contribution in [2.24, 2.45) is 7.05 Å². The van der Waals surface area contributed by atoms with Gasteiger partial charge in [-0.3, -0.25) is 4.68 Å². The van der Waals surface area contributed by atoms with Crippen molar-refractivity contribution in [3.63, 3.8) is 0 Å². The van der Waals surface area contributed by atoms with E-state index in [-0.39, 0.29) is 5.28 Å². The quantitative estimate of drug-likeness (QED) is 0.736. The smallest absolute Gasteiger partial charge is 0.222 e. The van der Waals surface area contributed by atoms with Gasteiger partial charge in [-0.1, -0.05) is 0 Å². The molecule has 0 amide bonds. The van der Waals surface area contributed by atoms with Gasteiger partial charge in [0.05, 0.1) is 11.2 Å². The molecule has 3 aromatic rings. The highest BCUT2D eigenvalue weighted by atomic mass is 35.5. The lowest BCUT2D eigenvalue weighted by Crippen LogP contribution is -1.93. The zero-order valence-electron chi connectivity index (χ0n) is 11.5. The van der Waals surface area contributed by atoms with E-state index in [0.717, 1.165) is 33.5 Å². The van der Waals surface area contributed by atoms with E-state index < -0.39 is 0 Å². The fourth-order valence-electron chi connectivity index (χ4n) is 2.32. The number of benzene rings is 1. The molecule has 2 aromatic heterocycles. The number of rotatable bonds is 2. The summed E-state index contributed by atoms with van der Waals surface area (Å²) in [7, 11) is 3.82. The van der Waals surface area contributed by atoms with Crippen molar-refractivity contribution >= 4 is 28.2 Å². The summed E-state index contributed by atoms with van der Waals surface area (Å²) in [6.07, 6.45) is 1.66. The molecule has 0 fully saturated rings. The minimum absolute atomic E-state index is 0.243. The highest BCUT2D eigenvalue weighted by molar-refractivity contribution is 6.28. The SMILES string of the molecule is CNc1cc(-c2ccnc(Cl)n2)c2c(C)n(C)nc2c1. The molecule has 102 valence electrons. The van der Waals surface area contributed by atoms with Gasteiger partial charge < -0.3 is 5.32 Å². The first-order valence-electron chi connectivity index (χ1n) is 6.24. The second-order valence-electron chi connectivity index (χ2n) is 4.59. The lowest BCUT2D eigenvalue weighted by atomic mass is 10.0. The van der Waals surface area contributed by atoms with Crippen molar-refractivity contribution in [3.8, 4) is 11.3 Å². The third-order valence-electron chi connectivity index (χ3n) is 3.41. The van der Waals surface area contributed by atoms with Crippen LogP contribution in [0.15, 0.2) is 24.4 Å². The number of halogens is 1. The minimum Gasteiger partial charge on any atom is -0.388 e. The standard InChI is InChI=1S/C14H14ClN5/c1-8-13-10(11-4-5-17-14(15)18-11)6-9(16-2)7-12(13)19-20(8)3/h4-7,16H,1-3H3. The lowest BCUT2D eigenvalue weighted by Gasteiger charge is -2.07. The fraction of sp³-hybridized carbons (Fsp3) is 0.214. The van der Waals surface area contributed by atoms with Gasteiger partial charge in [0.25, 0.3) is 0 Å². The lowest BCUT2D eigenvalue weighted by molar-refractivity contribution is 0.751. The van der Waals surface area contributed by atoms with Gasteiger partial charge in [0.1, 0.15) is 0 Å². The first-order chi connectivity index (χ1) is 9.60. The number of anilines is 1. The van der Waals surface area contributed by atoms with Crippen LogP contribution in [-0.4, -0.2) is 26.8 Å². The summed E-state index contributed by atoms with van der Waals surface area (Å²) >= 11 is 5.91. The predicted octanol–water partition coefficient (Wildman–Crippen LogP) is 3.03. The van der Waals surface area contributed by atoms with Crippen molar-refractivity contribution in [1.29, 1.82) is 0 Å². The number of nitrogens with one attached hydrogen (secondary N) is 1. The van der Waals surface area contributed by atoms with Crippen LogP contribution >= 0.6 is 11.6 Å². The van der Waals surface area contributed by atoms with Gasteiger partial charge in [-0.15, -0.1) is 0 Å². The Morgan fingerprint density at radius 3 is 2.80 bits per heavy atom. The normalized spacial score (nSPS) is 11.0. The highest BCUT2D eigenvalue weighted by Gasteiger charge is 2.14. The van der Waals surface area contributed by atoms with Crippen molar-refractivity contribution in [1.82, 2.24) is 19.7 Å². The van der Waals surface area contributed by atoms with Crippen molar-refractivity contribution < 1.29 is 0 Å². The molecule has 0 atom stereocenters. The Balaban J connectivity index is 2.38. The van der Waals surface area contributed by atoms with E-state index >= 15 is 0 Å². The van der Waals surface area contributed by atoms with Gasteiger partial charge in [-0.2, -0.15) is 5.10 Å². The van der Waals surface area contributed by atoms with Gasteiger partial charge in [-0.25, -0.2) is 9.97 Å². The molecule has 20 heavy (non-hydrogen) atoms. The minimum atomic E-state index is 0.243. The van der Waals surface area contributed by atoms with Crippen LogP contribution in [0.3, 0.4) is 0 Å². The highest BCUT2D eigenvalue weighted by Crippen LogP contribution is 2.32. The number of hydrogen-bond acceptors (Lipinski definition) is 4. The molecule has 0 spiro atoms. The van der Waals surface area contributed by atoms with Crippen LogP contribution in [0.1, 0.15) is 5.69 Å². The average Bonchev–Trinajstić information content (AvgIpc) is 2.73. The molecule has 0 saturated carbocycles. The van der Waals surface area contributed by atoms with Crippen molar-refractivity contribution in [2.75, 3.05) is 12.4 Å². The molecular formula is C14H14ClN5. The van der Waals surface area contributed by atoms with E-state index in [4.69, 9.17) is 11.6 Å². The summed E-state index contributed by atoms with van der Waals surface area (Å²) < 4.78 is 1.87. The summed E-state index contributed by atoms with van der Waals surface area (Å²) in [5, 5.41) is 9.00. The van der Waals surface area contributed by atoms with E-state index in [0.29, 0.717) is 0 Å². The maximum atomic E-state index is 5.91. The van der Waals surface area contributed by atoms with Gasteiger partial charge in [0.2, 0.25) is 5.28 Å². The van der Waals surface area contributed by atoms with Crippen LogP contribution in [-0.2, 0) is 7.05 Å². The molecule has 6 heteroatoms. The van der Waals surface area contributed by atoms with Crippen molar-refractivity contribution in [3.05, 3.63) is 35.4 Å². The fourth-order valence-corrected chi connectivity index (χ4v) is 2.46. The molecule has 2 heterocycles. The molecule has 0 unspecified atom stereocenters. The first-order valence-corrected chi connectivity index (χ1v) is 6.62. The number of aryl methyl sites for hydroxylation is 2. The van der Waals surface area contributed by atoms with Gasteiger partial charge in [0, 0.05) is 42.6 Å². The Morgan fingerprint density at radius 1 is 1.30 bits per heavy atom. The zero-order valence-corrected chi connectivity index (χ0v) is 12.2. The molecule has 0 radical (unpaired) electrons. The third kappa shape index (κ3) is 2.00. The number of hydrogen-bond donors (Lipinski definition) is 1. The Hall–Kier alpha value is -2.14. The van der Waals surface area contributed by atoms with Gasteiger partial charge in [-0.05, 0) is 36.7 Å². The maximum absolute atomic E-state index is 5.91. The van der Waals surface area contributed by atoms with Crippen LogP contribution in [0.25, 0.3) is 22.2 Å². The predicted molar refractivity (Wildman–Crippen MR) is 81.0 cm³/mol. The van der Waals surface area contributed by atoms with E-state index in [1.807, 2.05) is 37.8 Å². The van der Waals surface area contributed by atoms with E-state index in [9.17, 15) is 0 Å². The van der Waals surface area contributed by atoms with Crippen LogP contribution in [0.4, 0.5) is 5.69 Å². The summed E-state index contributed by atoms with van der Waals surface area (Å²) in [6, 6.07) is 5.93. The van der Waals surface area contributed by atoms with Gasteiger partial charge in [0.15, 0.2) is 0 Å². The third-order valence-corrected chi connectivity index (χ3v) is 3.60. The molecule has 0 bridgehead atoms. The molecule has 1 aromatic carbocycles. The number of aromatic nitrogens is 4. The van der Waals surface area contributed by atoms with Crippen LogP contribution in [0, 0.1) is 6.92 Å². The Kier molecular flexibility index (Phi) is 3.06. The van der Waals surface area contributed by atoms with Crippen LogP contribution < -0.4 is 5.32 Å². The largest absolute Gasteiger partial charge is 0.388 e. The van der Waals surface area contributed by atoms with Gasteiger partial charge >= 0.3 is 0 Å². The number of nitrogens with zero attached hydrogens (tertiary/aromatic N) is 4. The molecular weight excluding hydrogens is 274 g/mol. The Bertz CT molecular complexity index is 794. The van der Waals surface area contributed by atoms with E-state index in [1.165, 1.54) is 0 Å². The molecule has 0 aliphatic rings. The Morgan fingerprint density at radius 2 is 2.10 bits per heavy atom. The maximum Gasteiger partial charge on any atom is 0.222 e. The zero-order chi connectivity index (χ0) is 14.3. The monoisotopic (exact) mass is 287 g/mol. The summed E-state index contributed by atoms with van der Waals surface area (Å²) in [5.41, 5.74) is 4.80. The molecule has 1 N–H and O–H groups in total. The summed E-state index contributed by atoms with van der Waals surface area (Å²) in [5.74, 6) is 0. The molecule has 0 saturated heterocycles. The summed E-state index contributed by atoms with van der Waals surface area (Å²) in [4.78, 5) is 8.24. The van der Waals surface area contributed by atoms with E-state index in [1.54, 1.807) is 6.20 Å². The Labute approximate surface area is 121 Å². The molecule has 0 aliphatic carbocycles. The van der Waals surface area contributed by atoms with Crippen LogP contribution in [0.5, 0.6) is 0 Å². The number of fused-ring (bicyclic) bond motifs is 1. The molecule has 0 aliphatic heterocycles. The molecule has 3 rings (SSSR count). The molecule has 5 nitrogen and oxygen atoms in total. The second kappa shape index (κ2) is 4.76. The average molecular weight is 288 g/mol. The second-order valence-corrected chi connectivity index (χ2v) is 4.93.